The minimum Gasteiger partial charge on any atom is -0.494 e. The highest BCUT2D eigenvalue weighted by molar-refractivity contribution is 5.86. The Morgan fingerprint density at radius 1 is 1.25 bits per heavy atom. The van der Waals surface area contributed by atoms with E-state index in [1.54, 1.807) is 0 Å². The molecule has 84 valence electrons. The van der Waals surface area contributed by atoms with Crippen LogP contribution in [-0.4, -0.2) is 11.6 Å². The lowest BCUT2D eigenvalue weighted by Crippen LogP contribution is -2.00. The minimum atomic E-state index is 0.734. The Morgan fingerprint density at radius 2 is 2.12 bits per heavy atom. The molecule has 2 heteroatoms. The number of ether oxygens (including phenoxy) is 1. The zero-order valence-electron chi connectivity index (χ0n) is 9.68. The van der Waals surface area contributed by atoms with Crippen LogP contribution in [-0.2, 0) is 12.8 Å². The van der Waals surface area contributed by atoms with Crippen molar-refractivity contribution in [2.45, 2.75) is 32.6 Å². The molecule has 2 nitrogen and oxygen atoms in total. The number of hydrogen-bond donors (Lipinski definition) is 1. The molecule has 0 unspecified atom stereocenters. The van der Waals surface area contributed by atoms with E-state index in [1.807, 2.05) is 13.0 Å². The maximum absolute atomic E-state index is 5.56. The second-order valence-electron chi connectivity index (χ2n) is 4.43. The van der Waals surface area contributed by atoms with Gasteiger partial charge in [-0.3, -0.25) is 0 Å². The van der Waals surface area contributed by atoms with Gasteiger partial charge in [0.2, 0.25) is 0 Å². The van der Waals surface area contributed by atoms with Crippen molar-refractivity contribution in [3.63, 3.8) is 0 Å². The number of rotatable bonds is 2. The summed E-state index contributed by atoms with van der Waals surface area (Å²) in [6.07, 6.45) is 5.05. The second kappa shape index (κ2) is 3.85. The van der Waals surface area contributed by atoms with Gasteiger partial charge in [-0.15, -0.1) is 0 Å². The molecule has 1 aromatic heterocycles. The third-order valence-electron chi connectivity index (χ3n) is 3.38. The maximum atomic E-state index is 5.56. The molecular weight excluding hydrogens is 198 g/mol. The van der Waals surface area contributed by atoms with Crippen LogP contribution in [0.1, 0.15) is 31.0 Å². The predicted molar refractivity (Wildman–Crippen MR) is 66.1 cm³/mol. The fraction of sp³-hybridized carbons (Fsp3) is 0.429. The number of benzene rings is 1. The summed E-state index contributed by atoms with van der Waals surface area (Å²) in [5.74, 6) is 0.988. The van der Waals surface area contributed by atoms with Crippen molar-refractivity contribution in [1.82, 2.24) is 4.98 Å². The maximum Gasteiger partial charge on any atom is 0.120 e. The van der Waals surface area contributed by atoms with E-state index < -0.39 is 0 Å². The topological polar surface area (TPSA) is 25.0 Å². The van der Waals surface area contributed by atoms with Gasteiger partial charge in [-0.25, -0.2) is 0 Å². The van der Waals surface area contributed by atoms with Crippen LogP contribution >= 0.6 is 0 Å². The number of H-pyrrole nitrogens is 1. The molecule has 0 atom stereocenters. The lowest BCUT2D eigenvalue weighted by Gasteiger charge is -2.10. The number of aromatic nitrogens is 1. The van der Waals surface area contributed by atoms with Crippen molar-refractivity contribution in [3.05, 3.63) is 29.5 Å². The van der Waals surface area contributed by atoms with Crippen LogP contribution in [0.25, 0.3) is 10.9 Å². The lowest BCUT2D eigenvalue weighted by molar-refractivity contribution is 0.340. The number of fused-ring (bicyclic) bond motifs is 3. The number of hydrogen-bond acceptors (Lipinski definition) is 1. The molecule has 1 N–H and O–H groups in total. The van der Waals surface area contributed by atoms with Crippen molar-refractivity contribution < 1.29 is 4.74 Å². The van der Waals surface area contributed by atoms with E-state index in [2.05, 4.69) is 17.1 Å². The molecule has 1 aliphatic carbocycles. The average molecular weight is 215 g/mol. The molecule has 1 heterocycles. The molecule has 0 radical (unpaired) electrons. The minimum absolute atomic E-state index is 0.734. The summed E-state index contributed by atoms with van der Waals surface area (Å²) in [5, 5.41) is 1.36. The van der Waals surface area contributed by atoms with E-state index >= 15 is 0 Å². The SMILES string of the molecule is CCOc1ccc2[nH]c3c(c2c1)CCCC3. The van der Waals surface area contributed by atoms with Gasteiger partial charge < -0.3 is 9.72 Å². The smallest absolute Gasteiger partial charge is 0.120 e. The molecule has 3 rings (SSSR count). The Hall–Kier alpha value is -1.44. The first-order chi connectivity index (χ1) is 7.88. The average Bonchev–Trinajstić information content (AvgIpc) is 2.68. The van der Waals surface area contributed by atoms with E-state index in [1.165, 1.54) is 47.8 Å². The Kier molecular flexibility index (Phi) is 2.35. The van der Waals surface area contributed by atoms with E-state index in [-0.39, 0.29) is 0 Å². The van der Waals surface area contributed by atoms with Gasteiger partial charge in [0.1, 0.15) is 5.75 Å². The van der Waals surface area contributed by atoms with Crippen molar-refractivity contribution in [2.75, 3.05) is 6.61 Å². The van der Waals surface area contributed by atoms with Crippen LogP contribution in [0.3, 0.4) is 0 Å². The largest absolute Gasteiger partial charge is 0.494 e. The molecule has 2 aromatic rings. The summed E-state index contributed by atoms with van der Waals surface area (Å²) in [7, 11) is 0. The van der Waals surface area contributed by atoms with Crippen LogP contribution in [0, 0.1) is 0 Å². The fourth-order valence-electron chi connectivity index (χ4n) is 2.64. The third-order valence-corrected chi connectivity index (χ3v) is 3.38. The second-order valence-corrected chi connectivity index (χ2v) is 4.43. The first kappa shape index (κ1) is 9.76. The summed E-state index contributed by atoms with van der Waals surface area (Å²) >= 11 is 0. The molecule has 1 aromatic carbocycles. The Bertz CT molecular complexity index is 513. The molecule has 16 heavy (non-hydrogen) atoms. The lowest BCUT2D eigenvalue weighted by atomic mass is 9.96. The van der Waals surface area contributed by atoms with E-state index in [0.29, 0.717) is 0 Å². The van der Waals surface area contributed by atoms with E-state index in [4.69, 9.17) is 4.74 Å². The third kappa shape index (κ3) is 1.49. The zero-order chi connectivity index (χ0) is 11.0. The number of nitrogens with one attached hydrogen (secondary N) is 1. The van der Waals surface area contributed by atoms with Crippen LogP contribution in [0.2, 0.25) is 0 Å². The monoisotopic (exact) mass is 215 g/mol. The first-order valence-electron chi connectivity index (χ1n) is 6.15. The zero-order valence-corrected chi connectivity index (χ0v) is 9.68. The summed E-state index contributed by atoms with van der Waals surface area (Å²) in [4.78, 5) is 3.53. The van der Waals surface area contributed by atoms with Gasteiger partial charge in [-0.2, -0.15) is 0 Å². The Morgan fingerprint density at radius 3 is 3.00 bits per heavy atom. The van der Waals surface area contributed by atoms with Gasteiger partial charge in [-0.05, 0) is 56.4 Å². The highest BCUT2D eigenvalue weighted by atomic mass is 16.5. The standard InChI is InChI=1S/C14H17NO/c1-2-16-10-7-8-14-12(9-10)11-5-3-4-6-13(11)15-14/h7-9,15H,2-6H2,1H3. The normalized spacial score (nSPS) is 15.1. The van der Waals surface area contributed by atoms with Crippen molar-refractivity contribution in [3.8, 4) is 5.75 Å². The van der Waals surface area contributed by atoms with Crippen molar-refractivity contribution >= 4 is 10.9 Å². The number of aryl methyl sites for hydroxylation is 2. The summed E-state index contributed by atoms with van der Waals surface area (Å²) in [5.41, 5.74) is 4.22. The van der Waals surface area contributed by atoms with Crippen molar-refractivity contribution in [1.29, 1.82) is 0 Å². The summed E-state index contributed by atoms with van der Waals surface area (Å²) < 4.78 is 5.56. The first-order valence-corrected chi connectivity index (χ1v) is 6.15. The highest BCUT2D eigenvalue weighted by Crippen LogP contribution is 2.31. The Balaban J connectivity index is 2.13. The van der Waals surface area contributed by atoms with Gasteiger partial charge >= 0.3 is 0 Å². The quantitative estimate of drug-likeness (QED) is 0.815. The molecule has 1 aliphatic rings. The molecule has 0 saturated heterocycles. The molecule has 0 fully saturated rings. The van der Waals surface area contributed by atoms with Crippen LogP contribution in [0.4, 0.5) is 0 Å². The summed E-state index contributed by atoms with van der Waals surface area (Å²) in [6.45, 7) is 2.76. The van der Waals surface area contributed by atoms with Crippen LogP contribution < -0.4 is 4.74 Å². The van der Waals surface area contributed by atoms with E-state index in [9.17, 15) is 0 Å². The summed E-state index contributed by atoms with van der Waals surface area (Å²) in [6, 6.07) is 6.37. The van der Waals surface area contributed by atoms with Gasteiger partial charge in [0.25, 0.3) is 0 Å². The molecule has 0 saturated carbocycles. The molecule has 0 aliphatic heterocycles. The highest BCUT2D eigenvalue weighted by Gasteiger charge is 2.15. The van der Waals surface area contributed by atoms with Gasteiger partial charge in [0, 0.05) is 16.6 Å². The molecule has 0 bridgehead atoms. The Labute approximate surface area is 95.6 Å². The molecule has 0 spiro atoms. The number of aromatic amines is 1. The molecule has 0 amide bonds. The molecular formula is C14H17NO. The van der Waals surface area contributed by atoms with Crippen LogP contribution in [0.15, 0.2) is 18.2 Å². The van der Waals surface area contributed by atoms with Gasteiger partial charge in [0.05, 0.1) is 6.61 Å². The van der Waals surface area contributed by atoms with Gasteiger partial charge in [0.15, 0.2) is 0 Å². The fourth-order valence-corrected chi connectivity index (χ4v) is 2.64. The van der Waals surface area contributed by atoms with E-state index in [0.717, 1.165) is 12.4 Å². The predicted octanol–water partition coefficient (Wildman–Crippen LogP) is 3.45. The van der Waals surface area contributed by atoms with Gasteiger partial charge in [-0.1, -0.05) is 0 Å². The van der Waals surface area contributed by atoms with Crippen molar-refractivity contribution in [2.24, 2.45) is 0 Å². The van der Waals surface area contributed by atoms with Crippen LogP contribution in [0.5, 0.6) is 5.75 Å².